The number of thioether (sulfide) groups is 1. The molecule has 0 bridgehead atoms. The molecule has 1 unspecified atom stereocenters. The molecule has 1 aromatic rings. The average Bonchev–Trinajstić information content (AvgIpc) is 2.83. The molecular weight excluding hydrogens is 282 g/mol. The Morgan fingerprint density at radius 2 is 2.21 bits per heavy atom. The van der Waals surface area contributed by atoms with Gasteiger partial charge in [0.05, 0.1) is 5.25 Å². The fourth-order valence-corrected chi connectivity index (χ4v) is 3.31. The SMILES string of the molecule is CCCCCNC(=O)C(C)Sc1csc(C(=O)O)c1. The Balaban J connectivity index is 2.38. The summed E-state index contributed by atoms with van der Waals surface area (Å²) in [7, 11) is 0. The van der Waals surface area contributed by atoms with Crippen LogP contribution in [0.2, 0.25) is 0 Å². The van der Waals surface area contributed by atoms with Crippen LogP contribution in [0.15, 0.2) is 16.3 Å². The minimum Gasteiger partial charge on any atom is -0.477 e. The van der Waals surface area contributed by atoms with Crippen LogP contribution in [-0.2, 0) is 4.79 Å². The van der Waals surface area contributed by atoms with Crippen molar-refractivity contribution < 1.29 is 14.7 Å². The highest BCUT2D eigenvalue weighted by molar-refractivity contribution is 8.00. The van der Waals surface area contributed by atoms with Crippen molar-refractivity contribution in [2.45, 2.75) is 43.3 Å². The molecule has 2 N–H and O–H groups in total. The molecule has 0 radical (unpaired) electrons. The third-order valence-electron chi connectivity index (χ3n) is 2.55. The second-order valence-electron chi connectivity index (χ2n) is 4.21. The van der Waals surface area contributed by atoms with Crippen LogP contribution in [0.4, 0.5) is 0 Å². The van der Waals surface area contributed by atoms with Gasteiger partial charge in [-0.2, -0.15) is 0 Å². The maximum Gasteiger partial charge on any atom is 0.345 e. The summed E-state index contributed by atoms with van der Waals surface area (Å²) in [6, 6.07) is 1.61. The Morgan fingerprint density at radius 3 is 2.79 bits per heavy atom. The number of hydrogen-bond acceptors (Lipinski definition) is 4. The highest BCUT2D eigenvalue weighted by Crippen LogP contribution is 2.28. The molecule has 0 aliphatic heterocycles. The number of aromatic carboxylic acids is 1. The summed E-state index contributed by atoms with van der Waals surface area (Å²) in [5.41, 5.74) is 0. The molecule has 1 heterocycles. The largest absolute Gasteiger partial charge is 0.477 e. The normalized spacial score (nSPS) is 12.1. The van der Waals surface area contributed by atoms with Crippen molar-refractivity contribution in [3.63, 3.8) is 0 Å². The standard InChI is InChI=1S/C13H19NO3S2/c1-3-4-5-6-14-12(15)9(2)19-10-7-11(13(16)17)18-8-10/h7-9H,3-6H2,1-2H3,(H,14,15)(H,16,17). The first-order valence-corrected chi connectivity index (χ1v) is 8.06. The molecule has 0 saturated heterocycles. The van der Waals surface area contributed by atoms with Crippen LogP contribution >= 0.6 is 23.1 Å². The van der Waals surface area contributed by atoms with E-state index >= 15 is 0 Å². The maximum absolute atomic E-state index is 11.8. The van der Waals surface area contributed by atoms with Gasteiger partial charge in [-0.3, -0.25) is 4.79 Å². The molecule has 1 atom stereocenters. The molecule has 6 heteroatoms. The lowest BCUT2D eigenvalue weighted by Gasteiger charge is -2.10. The molecule has 0 saturated carbocycles. The number of thiophene rings is 1. The number of unbranched alkanes of at least 4 members (excludes halogenated alkanes) is 2. The van der Waals surface area contributed by atoms with Gasteiger partial charge in [0.1, 0.15) is 4.88 Å². The smallest absolute Gasteiger partial charge is 0.345 e. The predicted octanol–water partition coefficient (Wildman–Crippen LogP) is 3.23. The summed E-state index contributed by atoms with van der Waals surface area (Å²) in [4.78, 5) is 23.7. The van der Waals surface area contributed by atoms with Gasteiger partial charge in [0.25, 0.3) is 0 Å². The predicted molar refractivity (Wildman–Crippen MR) is 79.1 cm³/mol. The summed E-state index contributed by atoms with van der Waals surface area (Å²) in [6.07, 6.45) is 3.25. The van der Waals surface area contributed by atoms with E-state index in [-0.39, 0.29) is 11.2 Å². The lowest BCUT2D eigenvalue weighted by molar-refractivity contribution is -0.120. The van der Waals surface area contributed by atoms with Crippen LogP contribution in [0.5, 0.6) is 0 Å². The second-order valence-corrected chi connectivity index (χ2v) is 6.54. The van der Waals surface area contributed by atoms with E-state index in [0.29, 0.717) is 11.4 Å². The molecule has 4 nitrogen and oxygen atoms in total. The quantitative estimate of drug-likeness (QED) is 0.571. The Labute approximate surface area is 121 Å². The zero-order valence-electron chi connectivity index (χ0n) is 11.1. The number of carbonyl (C=O) groups is 2. The number of amides is 1. The zero-order valence-corrected chi connectivity index (χ0v) is 12.8. The summed E-state index contributed by atoms with van der Waals surface area (Å²) >= 11 is 2.57. The van der Waals surface area contributed by atoms with Gasteiger partial charge in [0.2, 0.25) is 5.91 Å². The minimum atomic E-state index is -0.923. The van der Waals surface area contributed by atoms with Crippen molar-refractivity contribution in [3.05, 3.63) is 16.3 Å². The topological polar surface area (TPSA) is 66.4 Å². The molecule has 106 valence electrons. The van der Waals surface area contributed by atoms with Gasteiger partial charge in [0, 0.05) is 16.8 Å². The van der Waals surface area contributed by atoms with E-state index in [1.165, 1.54) is 23.1 Å². The Bertz CT molecular complexity index is 431. The summed E-state index contributed by atoms with van der Waals surface area (Å²) in [5, 5.41) is 13.3. The summed E-state index contributed by atoms with van der Waals surface area (Å²) in [5.74, 6) is -0.919. The fourth-order valence-electron chi connectivity index (χ4n) is 1.48. The number of carboxylic acid groups (broad SMARTS) is 1. The maximum atomic E-state index is 11.8. The number of nitrogens with one attached hydrogen (secondary N) is 1. The lowest BCUT2D eigenvalue weighted by Crippen LogP contribution is -2.31. The Hall–Kier alpha value is -1.01. The molecule has 0 aliphatic carbocycles. The number of carbonyl (C=O) groups excluding carboxylic acids is 1. The van der Waals surface area contributed by atoms with Crippen LogP contribution in [0.3, 0.4) is 0 Å². The van der Waals surface area contributed by atoms with E-state index in [2.05, 4.69) is 12.2 Å². The van der Waals surface area contributed by atoms with Gasteiger partial charge in [-0.25, -0.2) is 4.79 Å². The highest BCUT2D eigenvalue weighted by atomic mass is 32.2. The van der Waals surface area contributed by atoms with Gasteiger partial charge in [-0.15, -0.1) is 23.1 Å². The van der Waals surface area contributed by atoms with Gasteiger partial charge >= 0.3 is 5.97 Å². The van der Waals surface area contributed by atoms with Gasteiger partial charge in [0.15, 0.2) is 0 Å². The summed E-state index contributed by atoms with van der Waals surface area (Å²) in [6.45, 7) is 4.66. The third kappa shape index (κ3) is 5.65. The van der Waals surface area contributed by atoms with E-state index in [0.717, 1.165) is 24.2 Å². The molecule has 19 heavy (non-hydrogen) atoms. The van der Waals surface area contributed by atoms with E-state index in [9.17, 15) is 9.59 Å². The monoisotopic (exact) mass is 301 g/mol. The van der Waals surface area contributed by atoms with Crippen molar-refractivity contribution in [1.82, 2.24) is 5.32 Å². The van der Waals surface area contributed by atoms with Gasteiger partial charge in [-0.05, 0) is 19.4 Å². The number of hydrogen-bond donors (Lipinski definition) is 2. The Morgan fingerprint density at radius 1 is 1.47 bits per heavy atom. The van der Waals surface area contributed by atoms with Crippen molar-refractivity contribution in [3.8, 4) is 0 Å². The first kappa shape index (κ1) is 16.0. The lowest BCUT2D eigenvalue weighted by atomic mass is 10.2. The second kappa shape index (κ2) is 8.22. The minimum absolute atomic E-state index is 0.00387. The van der Waals surface area contributed by atoms with Crippen LogP contribution < -0.4 is 5.32 Å². The first-order chi connectivity index (χ1) is 9.04. The van der Waals surface area contributed by atoms with E-state index < -0.39 is 5.97 Å². The molecule has 0 fully saturated rings. The number of rotatable bonds is 8. The zero-order chi connectivity index (χ0) is 14.3. The van der Waals surface area contributed by atoms with Crippen molar-refractivity contribution in [1.29, 1.82) is 0 Å². The van der Waals surface area contributed by atoms with Gasteiger partial charge < -0.3 is 10.4 Å². The first-order valence-electron chi connectivity index (χ1n) is 6.30. The Kier molecular flexibility index (Phi) is 6.94. The van der Waals surface area contributed by atoms with Gasteiger partial charge in [-0.1, -0.05) is 19.8 Å². The molecule has 1 rings (SSSR count). The van der Waals surface area contributed by atoms with Crippen LogP contribution in [0, 0.1) is 0 Å². The number of carboxylic acids is 1. The third-order valence-corrected chi connectivity index (χ3v) is 4.69. The molecular formula is C13H19NO3S2. The van der Waals surface area contributed by atoms with E-state index in [1.807, 2.05) is 6.92 Å². The van der Waals surface area contributed by atoms with Crippen molar-refractivity contribution in [2.75, 3.05) is 6.54 Å². The van der Waals surface area contributed by atoms with E-state index in [4.69, 9.17) is 5.11 Å². The molecule has 1 aromatic heterocycles. The van der Waals surface area contributed by atoms with Crippen LogP contribution in [-0.4, -0.2) is 28.8 Å². The van der Waals surface area contributed by atoms with E-state index in [1.54, 1.807) is 11.4 Å². The highest BCUT2D eigenvalue weighted by Gasteiger charge is 2.15. The fraction of sp³-hybridized carbons (Fsp3) is 0.538. The molecule has 0 aliphatic rings. The summed E-state index contributed by atoms with van der Waals surface area (Å²) < 4.78 is 0. The van der Waals surface area contributed by atoms with Crippen LogP contribution in [0.1, 0.15) is 42.8 Å². The van der Waals surface area contributed by atoms with Crippen molar-refractivity contribution >= 4 is 35.0 Å². The van der Waals surface area contributed by atoms with Crippen molar-refractivity contribution in [2.24, 2.45) is 0 Å². The van der Waals surface area contributed by atoms with Crippen LogP contribution in [0.25, 0.3) is 0 Å². The molecule has 1 amide bonds. The molecule has 0 spiro atoms. The average molecular weight is 301 g/mol. The molecule has 0 aromatic carbocycles.